The Morgan fingerprint density at radius 3 is 2.22 bits per heavy atom. The number of sulfone groups is 1. The van der Waals surface area contributed by atoms with E-state index < -0.39 is 38.3 Å². The summed E-state index contributed by atoms with van der Waals surface area (Å²) in [5.74, 6) is 0. The monoisotopic (exact) mass is 304 g/mol. The summed E-state index contributed by atoms with van der Waals surface area (Å²) in [6.07, 6.45) is 0. The van der Waals surface area contributed by atoms with Gasteiger partial charge in [-0.05, 0) is 0 Å². The molecular weight excluding hydrogens is 300 g/mol. The van der Waals surface area contributed by atoms with E-state index in [4.69, 9.17) is 10.5 Å². The molecule has 0 aromatic carbocycles. The van der Waals surface area contributed by atoms with Crippen LogP contribution in [-0.2, 0) is 9.84 Å². The summed E-state index contributed by atoms with van der Waals surface area (Å²) in [6, 6.07) is 2.71. The molecule has 11 heteroatoms. The van der Waals surface area contributed by atoms with E-state index in [-0.39, 0.29) is 51.4 Å². The number of hydrogen-bond acceptors (Lipinski definition) is 5. The molecule has 1 N–H and O–H groups in total. The third-order valence-corrected chi connectivity index (χ3v) is 3.30. The van der Waals surface area contributed by atoms with E-state index in [9.17, 15) is 21.6 Å². The Balaban J connectivity index is 0.00000289. The quantitative estimate of drug-likeness (QED) is 0.780. The van der Waals surface area contributed by atoms with Crippen molar-refractivity contribution in [1.82, 2.24) is 9.97 Å². The number of imidazole rings is 1. The van der Waals surface area contributed by atoms with Gasteiger partial charge in [-0.3, -0.25) is 0 Å². The first-order chi connectivity index (χ1) is 7.80. The van der Waals surface area contributed by atoms with Gasteiger partial charge in [0.15, 0.2) is 18.1 Å². The number of rotatable bonds is 3. The first-order valence-electron chi connectivity index (χ1n) is 3.88. The van der Waals surface area contributed by atoms with Gasteiger partial charge in [0.2, 0.25) is 5.16 Å². The Hall–Kier alpha value is -0.434. The molecule has 0 fully saturated rings. The van der Waals surface area contributed by atoms with Crippen molar-refractivity contribution in [2.45, 2.75) is 10.4 Å². The Morgan fingerprint density at radius 1 is 1.33 bits per heavy atom. The first kappa shape index (κ1) is 17.6. The molecule has 6 nitrogen and oxygen atoms in total. The number of hydrogen-bond donors (Lipinski definition) is 1. The molecule has 1 aromatic heterocycles. The molecule has 0 amide bonds. The Bertz CT molecular complexity index is 597. The maximum atomic E-state index is 12.8. The summed E-state index contributed by atoms with van der Waals surface area (Å²) in [5.41, 5.74) is -1.23. The van der Waals surface area contributed by atoms with E-state index in [0.717, 1.165) is 0 Å². The number of aromatic amines is 1. The molecular formula is C7H4F3KN4O2S. The fraction of sp³-hybridized carbons (Fsp3) is 0.286. The molecule has 0 aliphatic rings. The number of halogens is 3. The van der Waals surface area contributed by atoms with Gasteiger partial charge >= 0.3 is 56.6 Å². The van der Waals surface area contributed by atoms with Gasteiger partial charge in [0.1, 0.15) is 12.1 Å². The minimum absolute atomic E-state index is 0. The van der Waals surface area contributed by atoms with Gasteiger partial charge in [-0.15, -0.1) is 0 Å². The van der Waals surface area contributed by atoms with Gasteiger partial charge in [-0.2, -0.15) is 19.3 Å². The second-order valence-corrected chi connectivity index (χ2v) is 4.75. The molecule has 0 unspecified atom stereocenters. The normalized spacial score (nSPS) is 11.2. The van der Waals surface area contributed by atoms with Gasteiger partial charge in [-0.25, -0.2) is 17.8 Å². The number of nitrogens with one attached hydrogen (secondary N) is 1. The van der Waals surface area contributed by atoms with E-state index in [1.807, 2.05) is 0 Å². The summed E-state index contributed by atoms with van der Waals surface area (Å²) < 4.78 is 59.8. The number of alkyl halides is 3. The topological polar surface area (TPSA) is 110 Å². The zero-order valence-corrected chi connectivity index (χ0v) is 8.72. The number of H-pyrrole nitrogens is 1. The van der Waals surface area contributed by atoms with Crippen LogP contribution < -0.4 is 0 Å². The summed E-state index contributed by atoms with van der Waals surface area (Å²) in [4.78, 5) is 4.75. The second kappa shape index (κ2) is 6.14. The third-order valence-electron chi connectivity index (χ3n) is 1.70. The summed E-state index contributed by atoms with van der Waals surface area (Å²) in [6.45, 7) is -2.43. The molecule has 0 saturated carbocycles. The summed E-state index contributed by atoms with van der Waals surface area (Å²) in [7, 11) is -5.39. The summed E-state index contributed by atoms with van der Waals surface area (Å²) in [5, 5.41) is 10.9. The molecule has 0 spiro atoms. The fourth-order valence-electron chi connectivity index (χ4n) is 0.854. The predicted molar refractivity (Wildman–Crippen MR) is 53.3 cm³/mol. The SMILES string of the molecule is N#Cc1nc(S(=O)(=O)C(F)(F)CF)[nH]c1C#N.[KH]. The molecule has 1 rings (SSSR count). The zero-order valence-electron chi connectivity index (χ0n) is 7.91. The van der Waals surface area contributed by atoms with Crippen molar-refractivity contribution in [1.29, 1.82) is 10.5 Å². The van der Waals surface area contributed by atoms with Gasteiger partial charge in [0.05, 0.1) is 0 Å². The standard InChI is InChI=1S/C7H3F3N4O2S.K.H/c8-3-7(9,10)17(15,16)6-13-4(1-11)5(2-12)14-6;;/h3H2,(H,13,14);;. The molecule has 0 bridgehead atoms. The Kier molecular flexibility index (Phi) is 5.99. The molecule has 18 heavy (non-hydrogen) atoms. The number of aromatic nitrogens is 2. The molecule has 0 aliphatic carbocycles. The van der Waals surface area contributed by atoms with Crippen LogP contribution in [0.4, 0.5) is 13.2 Å². The number of nitriles is 2. The van der Waals surface area contributed by atoms with Gasteiger partial charge in [0, 0.05) is 0 Å². The van der Waals surface area contributed by atoms with Crippen molar-refractivity contribution < 1.29 is 21.6 Å². The van der Waals surface area contributed by atoms with E-state index in [1.165, 1.54) is 12.1 Å². The van der Waals surface area contributed by atoms with Crippen LogP contribution in [0.1, 0.15) is 11.4 Å². The van der Waals surface area contributed by atoms with Crippen LogP contribution in [0.2, 0.25) is 0 Å². The third kappa shape index (κ3) is 2.93. The minimum atomic E-state index is -5.39. The average Bonchev–Trinajstić information content (AvgIpc) is 2.72. The molecule has 0 aliphatic heterocycles. The maximum absolute atomic E-state index is 12.8. The van der Waals surface area contributed by atoms with E-state index in [0.29, 0.717) is 0 Å². The molecule has 0 saturated heterocycles. The van der Waals surface area contributed by atoms with Crippen molar-refractivity contribution in [3.05, 3.63) is 11.4 Å². The summed E-state index contributed by atoms with van der Waals surface area (Å²) >= 11 is 0. The average molecular weight is 304 g/mol. The number of nitrogens with zero attached hydrogens (tertiary/aromatic N) is 3. The van der Waals surface area contributed by atoms with Crippen molar-refractivity contribution in [3.8, 4) is 12.1 Å². The van der Waals surface area contributed by atoms with E-state index >= 15 is 0 Å². The molecule has 0 atom stereocenters. The van der Waals surface area contributed by atoms with E-state index in [2.05, 4.69) is 4.98 Å². The Morgan fingerprint density at radius 2 is 1.89 bits per heavy atom. The van der Waals surface area contributed by atoms with Crippen LogP contribution in [0.25, 0.3) is 0 Å². The molecule has 1 aromatic rings. The molecule has 1 heterocycles. The first-order valence-corrected chi connectivity index (χ1v) is 5.37. The predicted octanol–water partition coefficient (Wildman–Crippen LogP) is -0.159. The van der Waals surface area contributed by atoms with Crippen LogP contribution in [-0.4, -0.2) is 81.7 Å². The zero-order chi connectivity index (χ0) is 13.3. The Labute approximate surface area is 142 Å². The van der Waals surface area contributed by atoms with Crippen molar-refractivity contribution in [2.24, 2.45) is 0 Å². The second-order valence-electron chi connectivity index (χ2n) is 2.76. The fourth-order valence-corrected chi connectivity index (χ4v) is 1.73. The van der Waals surface area contributed by atoms with Gasteiger partial charge in [-0.1, -0.05) is 0 Å². The molecule has 92 valence electrons. The van der Waals surface area contributed by atoms with Crippen LogP contribution in [0, 0.1) is 22.7 Å². The van der Waals surface area contributed by atoms with Crippen molar-refractivity contribution in [3.63, 3.8) is 0 Å². The van der Waals surface area contributed by atoms with E-state index in [1.54, 1.807) is 4.98 Å². The van der Waals surface area contributed by atoms with Crippen LogP contribution in [0.3, 0.4) is 0 Å². The molecule has 0 radical (unpaired) electrons. The van der Waals surface area contributed by atoms with Gasteiger partial charge < -0.3 is 4.98 Å². The van der Waals surface area contributed by atoms with Crippen LogP contribution in [0.15, 0.2) is 5.16 Å². The van der Waals surface area contributed by atoms with Gasteiger partial charge in [0.25, 0.3) is 9.84 Å². The van der Waals surface area contributed by atoms with Crippen LogP contribution in [0.5, 0.6) is 0 Å². The van der Waals surface area contributed by atoms with Crippen molar-refractivity contribution >= 4 is 61.2 Å². The van der Waals surface area contributed by atoms with Crippen molar-refractivity contribution in [2.75, 3.05) is 6.67 Å². The van der Waals surface area contributed by atoms with Crippen LogP contribution >= 0.6 is 0 Å².